The van der Waals surface area contributed by atoms with Crippen molar-refractivity contribution in [3.05, 3.63) is 70.8 Å². The Labute approximate surface area is 201 Å². The fourth-order valence-corrected chi connectivity index (χ4v) is 4.16. The summed E-state index contributed by atoms with van der Waals surface area (Å²) in [5.74, 6) is -3.54. The van der Waals surface area contributed by atoms with Crippen molar-refractivity contribution in [2.24, 2.45) is 0 Å². The SMILES string of the molecule is CC(C)(C)OC(NC(CCN1C(=O)c2ccccc2C1=O)N1C(=O)c2ccccc2C1=O)C(=O)O. The predicted octanol–water partition coefficient (Wildman–Crippen LogP) is 2.11. The minimum absolute atomic E-state index is 0.103. The number of aliphatic carboxylic acids is 1. The Hall–Kier alpha value is -3.89. The molecule has 4 amide bonds. The van der Waals surface area contributed by atoms with Crippen LogP contribution in [0.4, 0.5) is 0 Å². The maximum Gasteiger partial charge on any atom is 0.348 e. The van der Waals surface area contributed by atoms with Crippen molar-refractivity contribution in [3.8, 4) is 0 Å². The first-order chi connectivity index (χ1) is 16.5. The van der Waals surface area contributed by atoms with Gasteiger partial charge in [-0.15, -0.1) is 0 Å². The molecular formula is C25H25N3O7. The number of carbonyl (C=O) groups is 5. The lowest BCUT2D eigenvalue weighted by Gasteiger charge is -2.33. The van der Waals surface area contributed by atoms with Crippen LogP contribution < -0.4 is 5.32 Å². The van der Waals surface area contributed by atoms with E-state index < -0.39 is 47.6 Å². The number of amides is 4. The largest absolute Gasteiger partial charge is 0.478 e. The van der Waals surface area contributed by atoms with Crippen molar-refractivity contribution in [2.75, 3.05) is 6.54 Å². The number of carboxylic acid groups (broad SMARTS) is 1. The Morgan fingerprint density at radius 1 is 0.857 bits per heavy atom. The lowest BCUT2D eigenvalue weighted by Crippen LogP contribution is -2.57. The van der Waals surface area contributed by atoms with Gasteiger partial charge in [-0.05, 0) is 51.5 Å². The average molecular weight is 479 g/mol. The van der Waals surface area contributed by atoms with Crippen LogP contribution >= 0.6 is 0 Å². The standard InChI is InChI=1S/C25H25N3O7/c1-25(2,3)35-19(24(33)34)26-18(28-22(31)16-10-6-7-11-17(16)23(28)32)12-13-27-20(29)14-8-4-5-9-15(14)21(27)30/h4-11,18-19,26H,12-13H2,1-3H3,(H,33,34). The third-order valence-electron chi connectivity index (χ3n) is 5.68. The van der Waals surface area contributed by atoms with Crippen LogP contribution in [0.25, 0.3) is 0 Å². The lowest BCUT2D eigenvalue weighted by atomic mass is 10.1. The molecule has 2 aliphatic heterocycles. The summed E-state index contributed by atoms with van der Waals surface area (Å²) in [4.78, 5) is 65.7. The van der Waals surface area contributed by atoms with Gasteiger partial charge in [-0.25, -0.2) is 4.79 Å². The molecule has 10 nitrogen and oxygen atoms in total. The molecule has 35 heavy (non-hydrogen) atoms. The zero-order valence-corrected chi connectivity index (χ0v) is 19.5. The lowest BCUT2D eigenvalue weighted by molar-refractivity contribution is -0.165. The van der Waals surface area contributed by atoms with Crippen molar-refractivity contribution in [3.63, 3.8) is 0 Å². The predicted molar refractivity (Wildman–Crippen MR) is 123 cm³/mol. The van der Waals surface area contributed by atoms with Gasteiger partial charge in [0, 0.05) is 6.54 Å². The van der Waals surface area contributed by atoms with Crippen LogP contribution in [-0.2, 0) is 9.53 Å². The fraction of sp³-hybridized carbons (Fsp3) is 0.320. The van der Waals surface area contributed by atoms with Gasteiger partial charge in [0.15, 0.2) is 0 Å². The second kappa shape index (κ2) is 9.05. The Bertz CT molecular complexity index is 1160. The van der Waals surface area contributed by atoms with E-state index in [4.69, 9.17) is 4.74 Å². The first-order valence-corrected chi connectivity index (χ1v) is 11.1. The van der Waals surface area contributed by atoms with Gasteiger partial charge in [0.25, 0.3) is 23.6 Å². The van der Waals surface area contributed by atoms with E-state index in [0.29, 0.717) is 0 Å². The number of benzene rings is 2. The monoisotopic (exact) mass is 479 g/mol. The number of hydrogen-bond donors (Lipinski definition) is 2. The van der Waals surface area contributed by atoms with Crippen molar-refractivity contribution in [1.29, 1.82) is 0 Å². The van der Waals surface area contributed by atoms with Crippen molar-refractivity contribution < 1.29 is 33.8 Å². The van der Waals surface area contributed by atoms with Gasteiger partial charge in [-0.1, -0.05) is 24.3 Å². The molecule has 2 heterocycles. The molecular weight excluding hydrogens is 454 g/mol. The summed E-state index contributed by atoms with van der Waals surface area (Å²) in [6.45, 7) is 4.85. The van der Waals surface area contributed by atoms with Crippen molar-refractivity contribution in [2.45, 2.75) is 45.2 Å². The first kappa shape index (κ1) is 24.2. The summed E-state index contributed by atoms with van der Waals surface area (Å²) in [5, 5.41) is 12.5. The summed E-state index contributed by atoms with van der Waals surface area (Å²) < 4.78 is 5.59. The van der Waals surface area contributed by atoms with Gasteiger partial charge < -0.3 is 9.84 Å². The Morgan fingerprint density at radius 3 is 1.69 bits per heavy atom. The van der Waals surface area contributed by atoms with E-state index in [0.717, 1.165) is 9.80 Å². The maximum atomic E-state index is 13.1. The van der Waals surface area contributed by atoms with Gasteiger partial charge >= 0.3 is 5.97 Å². The Kier molecular flexibility index (Phi) is 6.27. The summed E-state index contributed by atoms with van der Waals surface area (Å²) in [7, 11) is 0. The third-order valence-corrected chi connectivity index (χ3v) is 5.68. The minimum atomic E-state index is -1.56. The van der Waals surface area contributed by atoms with Gasteiger partial charge in [0.2, 0.25) is 6.23 Å². The first-order valence-electron chi connectivity index (χ1n) is 11.1. The highest BCUT2D eigenvalue weighted by atomic mass is 16.5. The maximum absolute atomic E-state index is 13.1. The highest BCUT2D eigenvalue weighted by Crippen LogP contribution is 2.27. The number of carbonyl (C=O) groups excluding carboxylic acids is 4. The molecule has 2 aliphatic rings. The van der Waals surface area contributed by atoms with E-state index in [9.17, 15) is 29.1 Å². The number of hydrogen-bond acceptors (Lipinski definition) is 7. The number of carboxylic acids is 1. The van der Waals surface area contributed by atoms with Gasteiger partial charge in [0.1, 0.15) is 0 Å². The van der Waals surface area contributed by atoms with E-state index in [1.807, 2.05) is 0 Å². The molecule has 10 heteroatoms. The summed E-state index contributed by atoms with van der Waals surface area (Å²) in [5.41, 5.74) is 0.0530. The van der Waals surface area contributed by atoms with Crippen molar-refractivity contribution >= 4 is 29.6 Å². The molecule has 0 saturated carbocycles. The highest BCUT2D eigenvalue weighted by Gasteiger charge is 2.43. The molecule has 182 valence electrons. The molecule has 2 unspecified atom stereocenters. The molecule has 0 radical (unpaired) electrons. The molecule has 4 rings (SSSR count). The molecule has 2 atom stereocenters. The van der Waals surface area contributed by atoms with Crippen LogP contribution in [-0.4, -0.2) is 69.0 Å². The van der Waals surface area contributed by atoms with E-state index in [1.54, 1.807) is 57.2 Å². The van der Waals surface area contributed by atoms with Crippen LogP contribution in [0.3, 0.4) is 0 Å². The van der Waals surface area contributed by atoms with Crippen LogP contribution in [0.2, 0.25) is 0 Å². The molecule has 2 N–H and O–H groups in total. The molecule has 0 bridgehead atoms. The molecule has 0 spiro atoms. The van der Waals surface area contributed by atoms with E-state index in [2.05, 4.69) is 5.32 Å². The molecule has 0 saturated heterocycles. The third kappa shape index (κ3) is 4.58. The second-order valence-corrected chi connectivity index (χ2v) is 9.25. The summed E-state index contributed by atoms with van der Waals surface area (Å²) in [6, 6.07) is 12.7. The van der Waals surface area contributed by atoms with E-state index in [-0.39, 0.29) is 35.2 Å². The topological polar surface area (TPSA) is 133 Å². The van der Waals surface area contributed by atoms with E-state index in [1.165, 1.54) is 12.1 Å². The molecule has 2 aromatic carbocycles. The normalized spacial score (nSPS) is 17.0. The van der Waals surface area contributed by atoms with Gasteiger partial charge in [0.05, 0.1) is 34.0 Å². The number of nitrogens with zero attached hydrogens (tertiary/aromatic N) is 2. The van der Waals surface area contributed by atoms with Crippen LogP contribution in [0.1, 0.15) is 68.6 Å². The number of fused-ring (bicyclic) bond motifs is 2. The summed E-state index contributed by atoms with van der Waals surface area (Å²) in [6.07, 6.45) is -2.84. The van der Waals surface area contributed by atoms with Crippen LogP contribution in [0.5, 0.6) is 0 Å². The zero-order chi connectivity index (χ0) is 25.5. The smallest absolute Gasteiger partial charge is 0.348 e. The number of rotatable bonds is 8. The van der Waals surface area contributed by atoms with Crippen LogP contribution in [0.15, 0.2) is 48.5 Å². The fourth-order valence-electron chi connectivity index (χ4n) is 4.16. The Morgan fingerprint density at radius 2 is 1.29 bits per heavy atom. The zero-order valence-electron chi connectivity index (χ0n) is 19.5. The molecule has 0 aliphatic carbocycles. The number of ether oxygens (including phenoxy) is 1. The molecule has 0 fully saturated rings. The number of nitrogens with one attached hydrogen (secondary N) is 1. The Balaban J connectivity index is 1.62. The van der Waals surface area contributed by atoms with Gasteiger partial charge in [-0.2, -0.15) is 0 Å². The quantitative estimate of drug-likeness (QED) is 0.434. The highest BCUT2D eigenvalue weighted by molar-refractivity contribution is 6.22. The molecule has 2 aromatic rings. The molecule has 0 aromatic heterocycles. The van der Waals surface area contributed by atoms with Gasteiger partial charge in [-0.3, -0.25) is 34.3 Å². The summed E-state index contributed by atoms with van der Waals surface area (Å²) >= 11 is 0. The second-order valence-electron chi connectivity index (χ2n) is 9.25. The van der Waals surface area contributed by atoms with Crippen molar-refractivity contribution in [1.82, 2.24) is 15.1 Å². The van der Waals surface area contributed by atoms with Crippen LogP contribution in [0, 0.1) is 0 Å². The average Bonchev–Trinajstić information content (AvgIpc) is 3.20. The number of imide groups is 2. The minimum Gasteiger partial charge on any atom is -0.478 e. The van der Waals surface area contributed by atoms with E-state index >= 15 is 0 Å².